The number of nitrogens with two attached hydrogens (primary N) is 1. The number of nitrogens with zero attached hydrogens (tertiary/aromatic N) is 2. The van der Waals surface area contributed by atoms with Crippen LogP contribution in [0, 0.1) is 4.77 Å². The van der Waals surface area contributed by atoms with Crippen molar-refractivity contribution in [2.24, 2.45) is 0 Å². The molecule has 1 aromatic heterocycles. The van der Waals surface area contributed by atoms with Gasteiger partial charge in [-0.25, -0.2) is 0 Å². The van der Waals surface area contributed by atoms with Crippen molar-refractivity contribution in [1.29, 1.82) is 0 Å². The maximum absolute atomic E-state index is 12.7. The van der Waals surface area contributed by atoms with Crippen molar-refractivity contribution in [2.45, 2.75) is 39.8 Å². The molecule has 0 saturated carbocycles. The second kappa shape index (κ2) is 7.92. The predicted molar refractivity (Wildman–Crippen MR) is 98.9 cm³/mol. The van der Waals surface area contributed by atoms with E-state index in [1.807, 2.05) is 19.9 Å². The summed E-state index contributed by atoms with van der Waals surface area (Å²) in [6.45, 7) is 5.03. The van der Waals surface area contributed by atoms with Gasteiger partial charge in [0.05, 0.1) is 0 Å². The maximum Gasteiger partial charge on any atom is 0.280 e. The van der Waals surface area contributed by atoms with Crippen LogP contribution in [-0.4, -0.2) is 15.0 Å². The van der Waals surface area contributed by atoms with E-state index in [9.17, 15) is 9.59 Å². The SMILES string of the molecule is CCCn1c(N)c(NC(=O)c2ccccc2)c(=O)n(CCC)c1=S. The lowest BCUT2D eigenvalue weighted by molar-refractivity contribution is 0.102. The number of carbonyl (C=O) groups excluding carboxylic acids is 1. The van der Waals surface area contributed by atoms with Gasteiger partial charge in [-0.1, -0.05) is 32.0 Å². The highest BCUT2D eigenvalue weighted by Crippen LogP contribution is 2.16. The monoisotopic (exact) mass is 346 g/mol. The molecule has 0 spiro atoms. The second-order valence-electron chi connectivity index (χ2n) is 5.47. The van der Waals surface area contributed by atoms with Gasteiger partial charge in [-0.05, 0) is 37.2 Å². The maximum atomic E-state index is 12.7. The average molecular weight is 346 g/mol. The Hall–Kier alpha value is -2.41. The highest BCUT2D eigenvalue weighted by Gasteiger charge is 2.17. The lowest BCUT2D eigenvalue weighted by Gasteiger charge is -2.18. The standard InChI is InChI=1S/C17H22N4O2S/c1-3-10-20-14(18)13(16(23)21(11-4-2)17(20)24)19-15(22)12-8-6-5-7-9-12/h5-9H,3-4,10-11,18H2,1-2H3,(H,19,22). The zero-order valence-electron chi connectivity index (χ0n) is 13.9. The largest absolute Gasteiger partial charge is 0.383 e. The molecule has 0 saturated heterocycles. The second-order valence-corrected chi connectivity index (χ2v) is 5.84. The van der Waals surface area contributed by atoms with Gasteiger partial charge < -0.3 is 15.6 Å². The Morgan fingerprint density at radius 1 is 1.12 bits per heavy atom. The Morgan fingerprint density at radius 2 is 1.71 bits per heavy atom. The Morgan fingerprint density at radius 3 is 2.29 bits per heavy atom. The van der Waals surface area contributed by atoms with Crippen LogP contribution in [0.3, 0.4) is 0 Å². The molecule has 24 heavy (non-hydrogen) atoms. The molecule has 1 heterocycles. The molecule has 0 bridgehead atoms. The fraction of sp³-hybridized carbons (Fsp3) is 0.353. The van der Waals surface area contributed by atoms with E-state index in [2.05, 4.69) is 5.32 Å². The van der Waals surface area contributed by atoms with Crippen LogP contribution in [0.15, 0.2) is 35.1 Å². The predicted octanol–water partition coefficient (Wildman–Crippen LogP) is 3.03. The Labute approximate surface area is 145 Å². The van der Waals surface area contributed by atoms with Crippen molar-refractivity contribution >= 4 is 29.6 Å². The molecular formula is C17H22N4O2S. The highest BCUT2D eigenvalue weighted by molar-refractivity contribution is 7.71. The molecule has 7 heteroatoms. The first-order valence-corrected chi connectivity index (χ1v) is 8.41. The summed E-state index contributed by atoms with van der Waals surface area (Å²) >= 11 is 5.40. The first kappa shape index (κ1) is 17.9. The summed E-state index contributed by atoms with van der Waals surface area (Å²) in [5.74, 6) is -0.175. The van der Waals surface area contributed by atoms with Gasteiger partial charge in [0, 0.05) is 18.7 Å². The minimum atomic E-state index is -0.373. The molecular weight excluding hydrogens is 324 g/mol. The fourth-order valence-corrected chi connectivity index (χ4v) is 2.83. The number of rotatable bonds is 6. The molecule has 0 aliphatic carbocycles. The van der Waals surface area contributed by atoms with E-state index < -0.39 is 0 Å². The number of benzene rings is 1. The first-order chi connectivity index (χ1) is 11.5. The van der Waals surface area contributed by atoms with E-state index in [0.29, 0.717) is 23.4 Å². The molecule has 0 atom stereocenters. The molecule has 128 valence electrons. The highest BCUT2D eigenvalue weighted by atomic mass is 32.1. The van der Waals surface area contributed by atoms with Crippen molar-refractivity contribution in [1.82, 2.24) is 9.13 Å². The molecule has 1 aromatic carbocycles. The number of hydrogen-bond donors (Lipinski definition) is 2. The van der Waals surface area contributed by atoms with Crippen LogP contribution < -0.4 is 16.6 Å². The van der Waals surface area contributed by atoms with Gasteiger partial charge in [0.25, 0.3) is 11.5 Å². The van der Waals surface area contributed by atoms with E-state index >= 15 is 0 Å². The van der Waals surface area contributed by atoms with Crippen LogP contribution in [0.5, 0.6) is 0 Å². The lowest BCUT2D eigenvalue weighted by Crippen LogP contribution is -2.31. The Balaban J connectivity index is 2.54. The fourth-order valence-electron chi connectivity index (χ4n) is 2.47. The van der Waals surface area contributed by atoms with E-state index in [1.54, 1.807) is 28.8 Å². The van der Waals surface area contributed by atoms with Crippen LogP contribution in [-0.2, 0) is 13.1 Å². The number of amides is 1. The third-order valence-corrected chi connectivity index (χ3v) is 4.08. The van der Waals surface area contributed by atoms with Gasteiger partial charge >= 0.3 is 0 Å². The molecule has 0 fully saturated rings. The molecule has 0 unspecified atom stereocenters. The van der Waals surface area contributed by atoms with Gasteiger partial charge in [0.1, 0.15) is 11.5 Å². The zero-order chi connectivity index (χ0) is 17.7. The van der Waals surface area contributed by atoms with Crippen LogP contribution in [0.4, 0.5) is 11.5 Å². The minimum Gasteiger partial charge on any atom is -0.383 e. The van der Waals surface area contributed by atoms with E-state index in [-0.39, 0.29) is 23.0 Å². The topological polar surface area (TPSA) is 82.1 Å². The molecule has 2 rings (SSSR count). The van der Waals surface area contributed by atoms with Crippen LogP contribution >= 0.6 is 12.2 Å². The summed E-state index contributed by atoms with van der Waals surface area (Å²) < 4.78 is 3.58. The molecule has 0 radical (unpaired) electrons. The summed E-state index contributed by atoms with van der Waals surface area (Å²) in [6.07, 6.45) is 1.57. The van der Waals surface area contributed by atoms with Crippen molar-refractivity contribution < 1.29 is 4.79 Å². The summed E-state index contributed by atoms with van der Waals surface area (Å²) in [7, 11) is 0. The first-order valence-electron chi connectivity index (χ1n) is 8.00. The van der Waals surface area contributed by atoms with Crippen molar-refractivity contribution in [3.63, 3.8) is 0 Å². The van der Waals surface area contributed by atoms with Crippen LogP contribution in [0.2, 0.25) is 0 Å². The molecule has 6 nitrogen and oxygen atoms in total. The number of nitrogen functional groups attached to an aromatic ring is 1. The third-order valence-electron chi connectivity index (χ3n) is 3.64. The quantitative estimate of drug-likeness (QED) is 0.788. The molecule has 0 aliphatic heterocycles. The molecule has 1 amide bonds. The van der Waals surface area contributed by atoms with E-state index in [1.165, 1.54) is 4.57 Å². The normalized spacial score (nSPS) is 10.6. The number of hydrogen-bond acceptors (Lipinski definition) is 4. The van der Waals surface area contributed by atoms with E-state index in [0.717, 1.165) is 12.8 Å². The summed E-state index contributed by atoms with van der Waals surface area (Å²) in [6, 6.07) is 8.70. The number of anilines is 2. The third kappa shape index (κ3) is 3.56. The van der Waals surface area contributed by atoms with Gasteiger partial charge in [0.2, 0.25) is 0 Å². The van der Waals surface area contributed by atoms with E-state index in [4.69, 9.17) is 18.0 Å². The van der Waals surface area contributed by atoms with Gasteiger partial charge in [0.15, 0.2) is 4.77 Å². The number of nitrogens with one attached hydrogen (secondary N) is 1. The molecule has 3 N–H and O–H groups in total. The zero-order valence-corrected chi connectivity index (χ0v) is 14.7. The minimum absolute atomic E-state index is 0.0827. The molecule has 0 aliphatic rings. The summed E-state index contributed by atoms with van der Waals surface area (Å²) in [5.41, 5.74) is 6.31. The van der Waals surface area contributed by atoms with Crippen LogP contribution in [0.25, 0.3) is 0 Å². The number of aromatic nitrogens is 2. The smallest absolute Gasteiger partial charge is 0.280 e. The molecule has 2 aromatic rings. The Kier molecular flexibility index (Phi) is 5.92. The van der Waals surface area contributed by atoms with Gasteiger partial charge in [-0.3, -0.25) is 14.2 Å². The van der Waals surface area contributed by atoms with Gasteiger partial charge in [-0.2, -0.15) is 0 Å². The van der Waals surface area contributed by atoms with Crippen molar-refractivity contribution in [2.75, 3.05) is 11.1 Å². The van der Waals surface area contributed by atoms with Crippen molar-refractivity contribution in [3.8, 4) is 0 Å². The summed E-state index contributed by atoms with van der Waals surface area (Å²) in [5, 5.41) is 2.66. The summed E-state index contributed by atoms with van der Waals surface area (Å²) in [4.78, 5) is 25.1. The lowest BCUT2D eigenvalue weighted by atomic mass is 10.2. The average Bonchev–Trinajstić information content (AvgIpc) is 2.60. The van der Waals surface area contributed by atoms with Crippen molar-refractivity contribution in [3.05, 3.63) is 51.0 Å². The Bertz CT molecular complexity index is 840. The van der Waals surface area contributed by atoms with Crippen LogP contribution in [0.1, 0.15) is 37.0 Å². The van der Waals surface area contributed by atoms with Gasteiger partial charge in [-0.15, -0.1) is 0 Å². The number of carbonyl (C=O) groups is 1.